The van der Waals surface area contributed by atoms with Gasteiger partial charge in [0.05, 0.1) is 60.7 Å². The molecule has 1 amide bonds. The van der Waals surface area contributed by atoms with Crippen LogP contribution >= 0.6 is 0 Å². The molecular formula is C43H69N3O12. The van der Waals surface area contributed by atoms with E-state index in [0.717, 1.165) is 5.71 Å². The van der Waals surface area contributed by atoms with Crippen LogP contribution in [0.2, 0.25) is 0 Å². The number of rotatable bonds is 9. The van der Waals surface area contributed by atoms with Gasteiger partial charge in [-0.25, -0.2) is 4.79 Å². The van der Waals surface area contributed by atoms with E-state index in [1.165, 1.54) is 0 Å². The van der Waals surface area contributed by atoms with E-state index in [9.17, 15) is 19.8 Å². The summed E-state index contributed by atoms with van der Waals surface area (Å²) in [4.78, 5) is 37.1. The second kappa shape index (κ2) is 17.5. The zero-order valence-electron chi connectivity index (χ0n) is 36.4. The van der Waals surface area contributed by atoms with E-state index in [4.69, 9.17) is 49.3 Å². The van der Waals surface area contributed by atoms with Crippen molar-refractivity contribution in [2.45, 2.75) is 179 Å². The third kappa shape index (κ3) is 8.31. The van der Waals surface area contributed by atoms with Crippen LogP contribution in [-0.4, -0.2) is 162 Å². The molecule has 0 aromatic rings. The van der Waals surface area contributed by atoms with Crippen molar-refractivity contribution in [1.82, 2.24) is 9.80 Å². The fraction of sp³-hybridized carbons (Fsp3) is 0.884. The first-order valence-corrected chi connectivity index (χ1v) is 21.4. The standard InChI is InChI=1S/C43H69N3O12/c1-13-15-17-45(11)29-19-23(3)53-39(33(29)47)57-37-25(5)34(56-31-21-41(8,51-12)36(48)27(7)54-31)26(6)38(49)55-30(14-2)43(10)35-24(4)32(28-20-42(37,9)52-22-28)44-16-18-46(35)40(50)58-43/h1,23-31,33-37,39,47-48H,14-22H2,2-12H3/t23-,24+,25+,26-,27+,28+,29+,30-,31+,33-,34+,35-,36+,37-,39+,41-,42-,43-/m1/s1. The van der Waals surface area contributed by atoms with E-state index in [2.05, 4.69) is 17.7 Å². The van der Waals surface area contributed by atoms with E-state index >= 15 is 0 Å². The molecule has 0 radical (unpaired) electrons. The molecule has 0 aliphatic carbocycles. The Bertz CT molecular complexity index is 1560. The third-order valence-corrected chi connectivity index (χ3v) is 14.3. The third-order valence-electron chi connectivity index (χ3n) is 14.3. The number of esters is 1. The Balaban J connectivity index is 1.44. The lowest BCUT2D eigenvalue weighted by Gasteiger charge is -2.49. The minimum absolute atomic E-state index is 0.134. The van der Waals surface area contributed by atoms with Crippen molar-refractivity contribution in [3.05, 3.63) is 0 Å². The number of cyclic esters (lactones) is 1. The molecule has 15 nitrogen and oxygen atoms in total. The predicted molar refractivity (Wildman–Crippen MR) is 213 cm³/mol. The Labute approximate surface area is 344 Å². The molecule has 6 heterocycles. The topological polar surface area (TPSA) is 167 Å². The van der Waals surface area contributed by atoms with Gasteiger partial charge >= 0.3 is 12.1 Å². The molecule has 18 atom stereocenters. The molecular weight excluding hydrogens is 750 g/mol. The van der Waals surface area contributed by atoms with Gasteiger partial charge in [-0.3, -0.25) is 19.6 Å². The molecule has 0 spiro atoms. The molecule has 6 aliphatic rings. The van der Waals surface area contributed by atoms with Crippen LogP contribution < -0.4 is 0 Å². The Morgan fingerprint density at radius 2 is 1.78 bits per heavy atom. The Morgan fingerprint density at radius 3 is 2.45 bits per heavy atom. The molecule has 6 aliphatic heterocycles. The number of hydrogen-bond donors (Lipinski definition) is 2. The molecule has 2 N–H and O–H groups in total. The molecule has 328 valence electrons. The number of fused-ring (bicyclic) bond motifs is 4. The van der Waals surface area contributed by atoms with Gasteiger partial charge < -0.3 is 48.1 Å². The van der Waals surface area contributed by atoms with Crippen molar-refractivity contribution in [3.8, 4) is 12.3 Å². The Hall–Kier alpha value is -2.39. The molecule has 15 heteroatoms. The second-order valence-electron chi connectivity index (χ2n) is 18.4. The smallest absolute Gasteiger partial charge is 0.410 e. The number of nitrogens with zero attached hydrogens (tertiary/aromatic N) is 3. The number of terminal acetylenes is 1. The van der Waals surface area contributed by atoms with Gasteiger partial charge in [0, 0.05) is 62.5 Å². The lowest BCUT2D eigenvalue weighted by atomic mass is 9.74. The lowest BCUT2D eigenvalue weighted by molar-refractivity contribution is -0.317. The van der Waals surface area contributed by atoms with Gasteiger partial charge in [0.25, 0.3) is 0 Å². The highest BCUT2D eigenvalue weighted by atomic mass is 16.7. The van der Waals surface area contributed by atoms with Gasteiger partial charge in [0.1, 0.15) is 18.3 Å². The molecule has 5 fully saturated rings. The van der Waals surface area contributed by atoms with Gasteiger partial charge in [0.2, 0.25) is 0 Å². The van der Waals surface area contributed by atoms with Crippen LogP contribution in [0.4, 0.5) is 4.79 Å². The van der Waals surface area contributed by atoms with Crippen molar-refractivity contribution < 1.29 is 57.7 Å². The number of ether oxygens (including phenoxy) is 8. The number of carbonyl (C=O) groups is 2. The molecule has 5 saturated heterocycles. The van der Waals surface area contributed by atoms with Crippen LogP contribution in [0.15, 0.2) is 4.99 Å². The highest BCUT2D eigenvalue weighted by molar-refractivity contribution is 5.91. The maximum Gasteiger partial charge on any atom is 0.410 e. The number of methoxy groups -OCH3 is 1. The summed E-state index contributed by atoms with van der Waals surface area (Å²) in [6.45, 7) is 18.8. The second-order valence-corrected chi connectivity index (χ2v) is 18.4. The van der Waals surface area contributed by atoms with Crippen LogP contribution in [0.25, 0.3) is 0 Å². The average Bonchev–Trinajstić information content (AvgIpc) is 3.63. The maximum absolute atomic E-state index is 14.7. The van der Waals surface area contributed by atoms with Gasteiger partial charge in [-0.1, -0.05) is 20.8 Å². The van der Waals surface area contributed by atoms with Gasteiger partial charge in [-0.2, -0.15) is 0 Å². The zero-order chi connectivity index (χ0) is 42.5. The van der Waals surface area contributed by atoms with Crippen molar-refractivity contribution in [2.75, 3.05) is 40.4 Å². The number of carbonyl (C=O) groups excluding carboxylic acids is 2. The van der Waals surface area contributed by atoms with E-state index < -0.39 is 95.9 Å². The zero-order valence-corrected chi connectivity index (χ0v) is 36.4. The molecule has 6 rings (SSSR count). The summed E-state index contributed by atoms with van der Waals surface area (Å²) in [7, 11) is 3.48. The number of aliphatic imine (C=N–C) groups is 1. The lowest BCUT2D eigenvalue weighted by Crippen LogP contribution is -2.61. The molecule has 0 aromatic heterocycles. The van der Waals surface area contributed by atoms with Gasteiger partial charge in [0.15, 0.2) is 18.2 Å². The SMILES string of the molecule is C#CCCN(C)[C@H]1C[C@@H](C)O[C@@H](O[C@@H]2[C@@H](C)[C@H](O[C@H]3C[C@@](C)(OC)[C@@H](O)[C@H](C)O3)[C@@H](C)C(=O)O[C@H](CC)[C@@]3(C)OC(=O)N4CCN=C([C@@H]5CO[C@]2(C)C5)[C@H](C)[C@@H]43)[C@@H]1O. The molecule has 0 unspecified atom stereocenters. The first-order valence-electron chi connectivity index (χ1n) is 21.4. The van der Waals surface area contributed by atoms with Crippen molar-refractivity contribution in [2.24, 2.45) is 28.7 Å². The summed E-state index contributed by atoms with van der Waals surface area (Å²) in [5.41, 5.74) is -2.23. The van der Waals surface area contributed by atoms with Crippen molar-refractivity contribution in [1.29, 1.82) is 0 Å². The maximum atomic E-state index is 14.7. The monoisotopic (exact) mass is 819 g/mol. The van der Waals surface area contributed by atoms with Crippen LogP contribution in [0.1, 0.15) is 94.4 Å². The quantitative estimate of drug-likeness (QED) is 0.257. The van der Waals surface area contributed by atoms with Crippen LogP contribution in [0, 0.1) is 36.0 Å². The molecule has 4 bridgehead atoms. The fourth-order valence-electron chi connectivity index (χ4n) is 10.9. The number of aliphatic hydroxyl groups excluding tert-OH is 2. The van der Waals surface area contributed by atoms with Crippen molar-refractivity contribution in [3.63, 3.8) is 0 Å². The molecule has 58 heavy (non-hydrogen) atoms. The summed E-state index contributed by atoms with van der Waals surface area (Å²) < 4.78 is 52.0. The summed E-state index contributed by atoms with van der Waals surface area (Å²) in [6, 6.07) is -0.744. The predicted octanol–water partition coefficient (Wildman–Crippen LogP) is 3.55. The number of amides is 1. The first-order chi connectivity index (χ1) is 27.3. The summed E-state index contributed by atoms with van der Waals surface area (Å²) in [5.74, 6) is 0.266. The number of hydrogen-bond acceptors (Lipinski definition) is 14. The normalized spacial score (nSPS) is 47.4. The van der Waals surface area contributed by atoms with E-state index in [1.807, 2.05) is 48.6 Å². The minimum Gasteiger partial charge on any atom is -0.458 e. The van der Waals surface area contributed by atoms with Crippen LogP contribution in [0.3, 0.4) is 0 Å². The van der Waals surface area contributed by atoms with E-state index in [0.29, 0.717) is 51.9 Å². The average molecular weight is 820 g/mol. The molecule has 0 aromatic carbocycles. The Kier molecular flexibility index (Phi) is 13.6. The highest BCUT2D eigenvalue weighted by Crippen LogP contribution is 2.47. The first kappa shape index (κ1) is 45.1. The number of likely N-dealkylation sites (N-methyl/N-ethyl adjacent to an activating group) is 1. The van der Waals surface area contributed by atoms with Gasteiger partial charge in [-0.15, -0.1) is 12.3 Å². The number of aliphatic hydroxyl groups is 2. The minimum atomic E-state index is -1.17. The molecule has 0 saturated carbocycles. The van der Waals surface area contributed by atoms with Gasteiger partial charge in [-0.05, 0) is 67.9 Å². The summed E-state index contributed by atoms with van der Waals surface area (Å²) in [6.07, 6.45) is 0.0387. The summed E-state index contributed by atoms with van der Waals surface area (Å²) >= 11 is 0. The highest BCUT2D eigenvalue weighted by Gasteiger charge is 2.62. The summed E-state index contributed by atoms with van der Waals surface area (Å²) in [5, 5.41) is 23.0. The van der Waals surface area contributed by atoms with Crippen LogP contribution in [0.5, 0.6) is 0 Å². The van der Waals surface area contributed by atoms with Crippen LogP contribution in [-0.2, 0) is 42.7 Å². The van der Waals surface area contributed by atoms with Crippen molar-refractivity contribution >= 4 is 17.8 Å². The van der Waals surface area contributed by atoms with E-state index in [-0.39, 0.29) is 30.4 Å². The fourth-order valence-corrected chi connectivity index (χ4v) is 10.9. The van der Waals surface area contributed by atoms with E-state index in [1.54, 1.807) is 25.9 Å². The largest absolute Gasteiger partial charge is 0.458 e. The Morgan fingerprint density at radius 1 is 1.05 bits per heavy atom.